The van der Waals surface area contributed by atoms with Gasteiger partial charge in [0.25, 0.3) is 0 Å². The molecule has 39 valence electrons. The molecular weight excluding hydrogens is 83.0 g/mol. The van der Waals surface area contributed by atoms with Gasteiger partial charge in [-0.05, 0) is 14.1 Å². The van der Waals surface area contributed by atoms with E-state index in [1.807, 2.05) is 14.1 Å². The fourth-order valence-electron chi connectivity index (χ4n) is 0.250. The number of hydrogen-bond donors (Lipinski definition) is 2. The second-order valence-electron chi connectivity index (χ2n) is 1.21. The van der Waals surface area contributed by atoms with Crippen LogP contribution in [0, 0.1) is 0 Å². The normalized spacial score (nSPS) is 7.71. The topological polar surface area (TPSA) is 24.1 Å². The van der Waals surface area contributed by atoms with Gasteiger partial charge in [0.1, 0.15) is 0 Å². The van der Waals surface area contributed by atoms with Crippen molar-refractivity contribution >= 4 is 18.9 Å². The van der Waals surface area contributed by atoms with E-state index in [9.17, 15) is 0 Å². The maximum absolute atomic E-state index is 3.01. The van der Waals surface area contributed by atoms with Crippen molar-refractivity contribution in [1.82, 2.24) is 10.6 Å². The summed E-state index contributed by atoms with van der Waals surface area (Å²) in [7, 11) is 3.88. The van der Waals surface area contributed by atoms with Crippen molar-refractivity contribution in [2.45, 2.75) is 0 Å². The molecule has 0 saturated carbocycles. The summed E-state index contributed by atoms with van der Waals surface area (Å²) in [4.78, 5) is 0. The second-order valence-corrected chi connectivity index (χ2v) is 1.21. The molecule has 0 fully saturated rings. The molecule has 0 bridgehead atoms. The van der Waals surface area contributed by atoms with Crippen LogP contribution in [0.3, 0.4) is 0 Å². The molecule has 2 N–H and O–H groups in total. The summed E-state index contributed by atoms with van der Waals surface area (Å²) in [6.45, 7) is 2.10. The van der Waals surface area contributed by atoms with Gasteiger partial charge in [-0.2, -0.15) is 0 Å². The summed E-state index contributed by atoms with van der Waals surface area (Å²) in [5.74, 6) is 0. The molecule has 0 aliphatic heterocycles. The molecule has 0 aromatic rings. The maximum Gasteiger partial charge on any atom is 0.00736 e. The van der Waals surface area contributed by atoms with Crippen molar-refractivity contribution in [2.75, 3.05) is 27.2 Å². The van der Waals surface area contributed by atoms with E-state index in [0.29, 0.717) is 0 Å². The molecule has 0 aromatic carbocycles. The molecule has 0 saturated heterocycles. The van der Waals surface area contributed by atoms with Gasteiger partial charge in [-0.1, -0.05) is 0 Å². The second kappa shape index (κ2) is 9.72. The quantitative estimate of drug-likeness (QED) is 0.348. The molecule has 3 heteroatoms. The van der Waals surface area contributed by atoms with E-state index in [-0.39, 0.29) is 18.9 Å². The van der Waals surface area contributed by atoms with Crippen molar-refractivity contribution in [3.63, 3.8) is 0 Å². The van der Waals surface area contributed by atoms with Crippen LogP contribution in [0.5, 0.6) is 0 Å². The van der Waals surface area contributed by atoms with Crippen LogP contribution in [0.4, 0.5) is 0 Å². The summed E-state index contributed by atoms with van der Waals surface area (Å²) in [6, 6.07) is 0. The molecule has 0 amide bonds. The van der Waals surface area contributed by atoms with Crippen molar-refractivity contribution in [1.29, 1.82) is 0 Å². The Labute approximate surface area is 57.2 Å². The first-order chi connectivity index (χ1) is 2.91. The van der Waals surface area contributed by atoms with Crippen molar-refractivity contribution in [3.05, 3.63) is 0 Å². The van der Waals surface area contributed by atoms with Crippen LogP contribution in [-0.4, -0.2) is 46.0 Å². The number of likely N-dealkylation sites (N-methyl/N-ethyl adjacent to an activating group) is 2. The fourth-order valence-corrected chi connectivity index (χ4v) is 0.250. The van der Waals surface area contributed by atoms with Crippen LogP contribution >= 0.6 is 0 Å². The summed E-state index contributed by atoms with van der Waals surface area (Å²) in [5, 5.41) is 6.01. The van der Waals surface area contributed by atoms with Crippen LogP contribution in [-0.2, 0) is 0 Å². The van der Waals surface area contributed by atoms with E-state index in [4.69, 9.17) is 0 Å². The predicted octanol–water partition coefficient (Wildman–Crippen LogP) is -0.956. The smallest absolute Gasteiger partial charge is 0.00736 e. The van der Waals surface area contributed by atoms with E-state index in [1.54, 1.807) is 0 Å². The van der Waals surface area contributed by atoms with Crippen LogP contribution in [0.25, 0.3) is 0 Å². The van der Waals surface area contributed by atoms with Gasteiger partial charge in [-0.25, -0.2) is 0 Å². The van der Waals surface area contributed by atoms with Gasteiger partial charge in [0.05, 0.1) is 0 Å². The Balaban J connectivity index is 0. The minimum Gasteiger partial charge on any atom is -0.318 e. The number of hydrogen-bond acceptors (Lipinski definition) is 2. The first kappa shape index (κ1) is 10.5. The van der Waals surface area contributed by atoms with Crippen molar-refractivity contribution < 1.29 is 0 Å². The average molecular weight is 95.1 g/mol. The Morgan fingerprint density at radius 3 is 1.43 bits per heavy atom. The molecule has 0 rings (SSSR count). The molecule has 0 spiro atoms. The van der Waals surface area contributed by atoms with E-state index >= 15 is 0 Å². The third-order valence-electron chi connectivity index (χ3n) is 0.625. The standard InChI is InChI=1S/C4H12N2.Li/c1-5-3-4-6-2;/h5-6H,3-4H2,1-2H3;. The van der Waals surface area contributed by atoms with Crippen LogP contribution in [0.15, 0.2) is 0 Å². The van der Waals surface area contributed by atoms with Crippen LogP contribution in [0.1, 0.15) is 0 Å². The fraction of sp³-hybridized carbons (Fsp3) is 1.00. The van der Waals surface area contributed by atoms with Gasteiger partial charge < -0.3 is 10.6 Å². The zero-order valence-corrected chi connectivity index (χ0v) is 5.41. The van der Waals surface area contributed by atoms with Gasteiger partial charge in [-0.3, -0.25) is 0 Å². The largest absolute Gasteiger partial charge is 0.318 e. The number of nitrogens with one attached hydrogen (secondary N) is 2. The predicted molar refractivity (Wildman–Crippen MR) is 33.6 cm³/mol. The first-order valence-corrected chi connectivity index (χ1v) is 2.21. The molecule has 0 unspecified atom stereocenters. The minimum atomic E-state index is 0. The van der Waals surface area contributed by atoms with E-state index < -0.39 is 0 Å². The molecule has 0 atom stereocenters. The van der Waals surface area contributed by atoms with Crippen molar-refractivity contribution in [3.8, 4) is 0 Å². The zero-order chi connectivity index (χ0) is 4.83. The van der Waals surface area contributed by atoms with Crippen LogP contribution < -0.4 is 10.6 Å². The summed E-state index contributed by atoms with van der Waals surface area (Å²) < 4.78 is 0. The molecule has 1 radical (unpaired) electrons. The maximum atomic E-state index is 3.01. The first-order valence-electron chi connectivity index (χ1n) is 2.21. The monoisotopic (exact) mass is 95.1 g/mol. The Hall–Kier alpha value is 0.517. The summed E-state index contributed by atoms with van der Waals surface area (Å²) in [5.41, 5.74) is 0. The zero-order valence-electron chi connectivity index (χ0n) is 5.41. The Bertz CT molecular complexity index is 21.7. The molecule has 0 heterocycles. The Kier molecular flexibility index (Phi) is 14.6. The molecule has 7 heavy (non-hydrogen) atoms. The summed E-state index contributed by atoms with van der Waals surface area (Å²) in [6.07, 6.45) is 0. The molecule has 2 nitrogen and oxygen atoms in total. The Morgan fingerprint density at radius 1 is 1.00 bits per heavy atom. The molecule has 0 aromatic heterocycles. The van der Waals surface area contributed by atoms with E-state index in [2.05, 4.69) is 10.6 Å². The van der Waals surface area contributed by atoms with Gasteiger partial charge in [-0.15, -0.1) is 0 Å². The molecule has 0 aliphatic rings. The summed E-state index contributed by atoms with van der Waals surface area (Å²) >= 11 is 0. The van der Waals surface area contributed by atoms with Gasteiger partial charge in [0.15, 0.2) is 0 Å². The molecular formula is C4H12LiN2. The Morgan fingerprint density at radius 2 is 1.29 bits per heavy atom. The minimum absolute atomic E-state index is 0. The average Bonchev–Trinajstić information content (AvgIpc) is 1.61. The van der Waals surface area contributed by atoms with Crippen molar-refractivity contribution in [2.24, 2.45) is 0 Å². The van der Waals surface area contributed by atoms with E-state index in [0.717, 1.165) is 13.1 Å². The third kappa shape index (κ3) is 10.7. The van der Waals surface area contributed by atoms with E-state index in [1.165, 1.54) is 0 Å². The van der Waals surface area contributed by atoms with Gasteiger partial charge >= 0.3 is 0 Å². The van der Waals surface area contributed by atoms with Gasteiger partial charge in [0, 0.05) is 32.0 Å². The molecule has 0 aliphatic carbocycles. The SMILES string of the molecule is CNCCNC.[Li]. The van der Waals surface area contributed by atoms with Crippen LogP contribution in [0.2, 0.25) is 0 Å². The van der Waals surface area contributed by atoms with Gasteiger partial charge in [0.2, 0.25) is 0 Å². The third-order valence-corrected chi connectivity index (χ3v) is 0.625. The number of rotatable bonds is 3.